The van der Waals surface area contributed by atoms with E-state index in [0.717, 1.165) is 46.6 Å². The van der Waals surface area contributed by atoms with Crippen LogP contribution in [0.2, 0.25) is 0 Å². The van der Waals surface area contributed by atoms with Gasteiger partial charge >= 0.3 is 5.97 Å². The van der Waals surface area contributed by atoms with E-state index in [1.807, 2.05) is 37.3 Å². The second-order valence-corrected chi connectivity index (χ2v) is 9.80. The van der Waals surface area contributed by atoms with E-state index in [9.17, 15) is 14.7 Å². The number of carboxylic acids is 1. The normalized spacial score (nSPS) is 18.9. The lowest BCUT2D eigenvalue weighted by Crippen LogP contribution is -2.33. The van der Waals surface area contributed by atoms with Crippen molar-refractivity contribution in [1.29, 1.82) is 0 Å². The molecule has 2 aliphatic carbocycles. The van der Waals surface area contributed by atoms with Crippen LogP contribution in [0.5, 0.6) is 0 Å². The minimum Gasteiger partial charge on any atom is -0.481 e. The Hall–Kier alpha value is -3.15. The van der Waals surface area contributed by atoms with Gasteiger partial charge in [0.1, 0.15) is 6.26 Å². The largest absolute Gasteiger partial charge is 0.481 e. The van der Waals surface area contributed by atoms with Crippen LogP contribution < -0.4 is 5.32 Å². The zero-order chi connectivity index (χ0) is 24.6. The fraction of sp³-hybridized carbons (Fsp3) is 0.483. The van der Waals surface area contributed by atoms with Crippen molar-refractivity contribution in [3.63, 3.8) is 0 Å². The molecule has 0 spiro atoms. The first kappa shape index (κ1) is 25.0. The lowest BCUT2D eigenvalue weighted by Gasteiger charge is -2.28. The molecular weight excluding hydrogens is 440 g/mol. The van der Waals surface area contributed by atoms with E-state index in [0.29, 0.717) is 18.9 Å². The van der Waals surface area contributed by atoms with Crippen molar-refractivity contribution in [2.75, 3.05) is 6.54 Å². The summed E-state index contributed by atoms with van der Waals surface area (Å²) < 4.78 is 5.57. The van der Waals surface area contributed by atoms with Crippen LogP contribution in [-0.4, -0.2) is 28.5 Å². The van der Waals surface area contributed by atoms with Gasteiger partial charge in [-0.05, 0) is 54.0 Å². The summed E-state index contributed by atoms with van der Waals surface area (Å²) in [7, 11) is 0. The minimum atomic E-state index is -0.878. The van der Waals surface area contributed by atoms with Crippen molar-refractivity contribution in [3.8, 4) is 11.5 Å². The van der Waals surface area contributed by atoms with Gasteiger partial charge < -0.3 is 14.8 Å². The monoisotopic (exact) mass is 476 g/mol. The van der Waals surface area contributed by atoms with Gasteiger partial charge in [0.05, 0.1) is 18.5 Å². The maximum atomic E-state index is 13.4. The molecule has 0 saturated heterocycles. The van der Waals surface area contributed by atoms with Gasteiger partial charge in [0, 0.05) is 12.1 Å². The smallest absolute Gasteiger partial charge is 0.307 e. The highest BCUT2D eigenvalue weighted by atomic mass is 16.4. The summed E-state index contributed by atoms with van der Waals surface area (Å²) in [5.41, 5.74) is 4.12. The van der Waals surface area contributed by atoms with Crippen molar-refractivity contribution in [2.24, 2.45) is 11.8 Å². The highest BCUT2D eigenvalue weighted by Crippen LogP contribution is 2.41. The Kier molecular flexibility index (Phi) is 8.56. The summed E-state index contributed by atoms with van der Waals surface area (Å²) >= 11 is 0. The first-order chi connectivity index (χ1) is 17.0. The number of nitrogens with zero attached hydrogens (tertiary/aromatic N) is 1. The molecule has 1 heterocycles. The quantitative estimate of drug-likeness (QED) is 0.387. The number of rotatable bonds is 10. The molecule has 1 fully saturated rings. The lowest BCUT2D eigenvalue weighted by molar-refractivity contribution is -0.136. The second-order valence-electron chi connectivity index (χ2n) is 9.80. The third-order valence-electron chi connectivity index (χ3n) is 7.44. The molecule has 0 bridgehead atoms. The van der Waals surface area contributed by atoms with Gasteiger partial charge in [-0.2, -0.15) is 0 Å². The van der Waals surface area contributed by atoms with Gasteiger partial charge in [-0.15, -0.1) is 0 Å². The molecule has 1 atom stereocenters. The number of hydrogen-bond acceptors (Lipinski definition) is 4. The van der Waals surface area contributed by atoms with Crippen molar-refractivity contribution < 1.29 is 19.1 Å². The Morgan fingerprint density at radius 1 is 1.11 bits per heavy atom. The summed E-state index contributed by atoms with van der Waals surface area (Å²) in [6.45, 7) is 2.58. The third-order valence-corrected chi connectivity index (χ3v) is 7.44. The average Bonchev–Trinajstić information content (AvgIpc) is 3.40. The molecule has 35 heavy (non-hydrogen) atoms. The number of aromatic nitrogens is 1. The highest BCUT2D eigenvalue weighted by Gasteiger charge is 2.31. The predicted octanol–water partition coefficient (Wildman–Crippen LogP) is 6.40. The number of aliphatic carboxylic acids is 1. The van der Waals surface area contributed by atoms with Crippen LogP contribution in [0.4, 0.5) is 0 Å². The lowest BCUT2D eigenvalue weighted by atomic mass is 9.77. The SMILES string of the molecule is CC1=C(c2ccccc2-c2ncco2)C(C(=O)NCCCCC2CCCCC2)CC=C1CC(=O)O. The zero-order valence-electron chi connectivity index (χ0n) is 20.6. The molecular formula is C29H36N2O4. The average molecular weight is 477 g/mol. The molecule has 0 aliphatic heterocycles. The van der Waals surface area contributed by atoms with Gasteiger partial charge in [-0.3, -0.25) is 9.59 Å². The third kappa shape index (κ3) is 6.30. The van der Waals surface area contributed by atoms with Crippen LogP contribution in [0, 0.1) is 11.8 Å². The Balaban J connectivity index is 1.50. The number of benzene rings is 1. The van der Waals surface area contributed by atoms with Gasteiger partial charge in [-0.25, -0.2) is 4.98 Å². The summed E-state index contributed by atoms with van der Waals surface area (Å²) in [5.74, 6) is 0.0697. The van der Waals surface area contributed by atoms with Crippen LogP contribution in [-0.2, 0) is 9.59 Å². The van der Waals surface area contributed by atoms with Crippen LogP contribution in [0.25, 0.3) is 17.0 Å². The first-order valence-corrected chi connectivity index (χ1v) is 12.9. The molecule has 4 rings (SSSR count). The standard InChI is InChI=1S/C29H36N2O4/c1-20-22(19-26(32)33)14-15-25(28(34)30-16-8-7-11-21-9-3-2-4-10-21)27(20)23-12-5-6-13-24(23)29-31-17-18-35-29/h5-6,12-14,17-18,21,25H,2-4,7-11,15-16,19H2,1H3,(H,30,34)(H,32,33). The van der Waals surface area contributed by atoms with E-state index < -0.39 is 5.97 Å². The molecule has 1 saturated carbocycles. The number of carboxylic acid groups (broad SMARTS) is 1. The Morgan fingerprint density at radius 2 is 1.89 bits per heavy atom. The first-order valence-electron chi connectivity index (χ1n) is 12.9. The van der Waals surface area contributed by atoms with Gasteiger partial charge in [0.15, 0.2) is 0 Å². The fourth-order valence-corrected chi connectivity index (χ4v) is 5.59. The number of nitrogens with one attached hydrogen (secondary N) is 1. The van der Waals surface area contributed by atoms with Crippen molar-refractivity contribution >= 4 is 17.4 Å². The molecule has 186 valence electrons. The summed E-state index contributed by atoms with van der Waals surface area (Å²) in [6.07, 6.45) is 15.7. The van der Waals surface area contributed by atoms with E-state index in [1.165, 1.54) is 44.8 Å². The van der Waals surface area contributed by atoms with Crippen molar-refractivity contribution in [3.05, 3.63) is 59.5 Å². The van der Waals surface area contributed by atoms with Crippen molar-refractivity contribution in [1.82, 2.24) is 10.3 Å². The molecule has 2 aliphatic rings. The van der Waals surface area contributed by atoms with Crippen molar-refractivity contribution in [2.45, 2.75) is 71.1 Å². The molecule has 1 unspecified atom stereocenters. The second kappa shape index (κ2) is 12.0. The maximum absolute atomic E-state index is 13.4. The highest BCUT2D eigenvalue weighted by molar-refractivity contribution is 5.97. The Labute approximate surface area is 207 Å². The number of unbranched alkanes of at least 4 members (excludes halogenated alkanes) is 1. The van der Waals surface area contributed by atoms with Gasteiger partial charge in [-0.1, -0.05) is 69.2 Å². The molecule has 1 aromatic heterocycles. The van der Waals surface area contributed by atoms with Crippen LogP contribution in [0.1, 0.15) is 76.7 Å². The Bertz CT molecular complexity index is 1080. The van der Waals surface area contributed by atoms with Gasteiger partial charge in [0.25, 0.3) is 0 Å². The maximum Gasteiger partial charge on any atom is 0.307 e. The number of allylic oxidation sites excluding steroid dienone is 2. The Morgan fingerprint density at radius 3 is 2.60 bits per heavy atom. The van der Waals surface area contributed by atoms with E-state index in [-0.39, 0.29) is 18.2 Å². The zero-order valence-corrected chi connectivity index (χ0v) is 20.6. The summed E-state index contributed by atoms with van der Waals surface area (Å²) in [5, 5.41) is 12.6. The van der Waals surface area contributed by atoms with E-state index in [2.05, 4.69) is 10.3 Å². The number of amides is 1. The summed E-state index contributed by atoms with van der Waals surface area (Å²) in [6, 6.07) is 7.73. The number of carbonyl (C=O) groups is 2. The molecule has 6 heteroatoms. The van der Waals surface area contributed by atoms with Crippen LogP contribution in [0.3, 0.4) is 0 Å². The molecule has 0 radical (unpaired) electrons. The predicted molar refractivity (Wildman–Crippen MR) is 136 cm³/mol. The molecule has 1 amide bonds. The van der Waals surface area contributed by atoms with Gasteiger partial charge in [0.2, 0.25) is 11.8 Å². The minimum absolute atomic E-state index is 0.00940. The van der Waals surface area contributed by atoms with Crippen LogP contribution >= 0.6 is 0 Å². The van der Waals surface area contributed by atoms with E-state index in [1.54, 1.807) is 6.20 Å². The van der Waals surface area contributed by atoms with Crippen LogP contribution in [0.15, 0.2) is 58.4 Å². The molecule has 6 nitrogen and oxygen atoms in total. The summed E-state index contributed by atoms with van der Waals surface area (Å²) in [4.78, 5) is 29.2. The topological polar surface area (TPSA) is 92.4 Å². The molecule has 2 N–H and O–H groups in total. The molecule has 2 aromatic rings. The number of hydrogen-bond donors (Lipinski definition) is 2. The fourth-order valence-electron chi connectivity index (χ4n) is 5.59. The molecule has 1 aromatic carbocycles. The van der Waals surface area contributed by atoms with E-state index in [4.69, 9.17) is 4.42 Å². The van der Waals surface area contributed by atoms with E-state index >= 15 is 0 Å². The number of oxazole rings is 1. The number of carbonyl (C=O) groups excluding carboxylic acids is 1.